The van der Waals surface area contributed by atoms with Gasteiger partial charge >= 0.3 is 6.09 Å². The van der Waals surface area contributed by atoms with Crippen LogP contribution in [0.3, 0.4) is 0 Å². The number of nitrogens with zero attached hydrogens (tertiary/aromatic N) is 1. The largest absolute Gasteiger partial charge is 0.444 e. The summed E-state index contributed by atoms with van der Waals surface area (Å²) in [7, 11) is 1.74. The van der Waals surface area contributed by atoms with Crippen LogP contribution in [0.25, 0.3) is 10.9 Å². The van der Waals surface area contributed by atoms with Gasteiger partial charge in [0.05, 0.1) is 5.02 Å². The average molecular weight is 451 g/mol. The van der Waals surface area contributed by atoms with Crippen molar-refractivity contribution in [1.29, 1.82) is 0 Å². The van der Waals surface area contributed by atoms with E-state index in [0.29, 0.717) is 23.0 Å². The molecule has 0 aliphatic heterocycles. The monoisotopic (exact) mass is 450 g/mol. The van der Waals surface area contributed by atoms with Gasteiger partial charge in [0.1, 0.15) is 5.60 Å². The third-order valence-corrected chi connectivity index (χ3v) is 5.99. The van der Waals surface area contributed by atoms with E-state index in [1.54, 1.807) is 23.7 Å². The highest BCUT2D eigenvalue weighted by molar-refractivity contribution is 7.99. The molecule has 4 nitrogen and oxygen atoms in total. The first-order valence-electron chi connectivity index (χ1n) is 9.30. The molecule has 0 radical (unpaired) electrons. The molecule has 29 heavy (non-hydrogen) atoms. The van der Waals surface area contributed by atoms with E-state index in [2.05, 4.69) is 4.98 Å². The second kappa shape index (κ2) is 8.90. The van der Waals surface area contributed by atoms with E-state index in [9.17, 15) is 4.79 Å². The van der Waals surface area contributed by atoms with Gasteiger partial charge in [-0.05, 0) is 63.1 Å². The van der Waals surface area contributed by atoms with Gasteiger partial charge in [-0.1, -0.05) is 41.0 Å². The number of H-pyrrole nitrogens is 1. The zero-order chi connectivity index (χ0) is 21.2. The van der Waals surface area contributed by atoms with Crippen molar-refractivity contribution in [2.75, 3.05) is 13.6 Å². The molecule has 0 saturated carbocycles. The molecule has 0 fully saturated rings. The minimum absolute atomic E-state index is 0.336. The Morgan fingerprint density at radius 2 is 1.93 bits per heavy atom. The Morgan fingerprint density at radius 1 is 1.17 bits per heavy atom. The first-order valence-corrected chi connectivity index (χ1v) is 10.9. The smallest absolute Gasteiger partial charge is 0.410 e. The van der Waals surface area contributed by atoms with Crippen LogP contribution in [0.1, 0.15) is 26.3 Å². The predicted molar refractivity (Wildman–Crippen MR) is 121 cm³/mol. The molecule has 0 unspecified atom stereocenters. The van der Waals surface area contributed by atoms with Crippen molar-refractivity contribution in [2.45, 2.75) is 42.6 Å². The molecular formula is C22H24Cl2N2O2S. The van der Waals surface area contributed by atoms with Gasteiger partial charge in [0.2, 0.25) is 0 Å². The quantitative estimate of drug-likeness (QED) is 0.453. The van der Waals surface area contributed by atoms with Crippen LogP contribution >= 0.6 is 35.0 Å². The Balaban J connectivity index is 1.78. The molecule has 0 saturated heterocycles. The molecule has 0 aliphatic rings. The number of halogens is 2. The Kier molecular flexibility index (Phi) is 6.72. The van der Waals surface area contributed by atoms with Crippen molar-refractivity contribution in [2.24, 2.45) is 0 Å². The van der Waals surface area contributed by atoms with Crippen molar-refractivity contribution >= 4 is 52.0 Å². The van der Waals surface area contributed by atoms with Crippen LogP contribution in [-0.4, -0.2) is 35.2 Å². The van der Waals surface area contributed by atoms with Gasteiger partial charge in [-0.25, -0.2) is 4.79 Å². The molecule has 1 amide bonds. The highest BCUT2D eigenvalue weighted by Crippen LogP contribution is 2.39. The summed E-state index contributed by atoms with van der Waals surface area (Å²) in [6, 6.07) is 11.6. The molecule has 154 valence electrons. The molecule has 1 aromatic heterocycles. The van der Waals surface area contributed by atoms with Gasteiger partial charge in [0, 0.05) is 45.5 Å². The number of aromatic amines is 1. The summed E-state index contributed by atoms with van der Waals surface area (Å²) in [4.78, 5) is 19.2. The summed E-state index contributed by atoms with van der Waals surface area (Å²) in [5.74, 6) is 0. The average Bonchev–Trinajstić information content (AvgIpc) is 3.04. The molecule has 2 aromatic carbocycles. The van der Waals surface area contributed by atoms with E-state index in [1.165, 1.54) is 0 Å². The van der Waals surface area contributed by atoms with Gasteiger partial charge in [0.15, 0.2) is 0 Å². The lowest BCUT2D eigenvalue weighted by Gasteiger charge is -2.24. The fourth-order valence-corrected chi connectivity index (χ4v) is 4.50. The lowest BCUT2D eigenvalue weighted by molar-refractivity contribution is 0.0300. The number of benzene rings is 2. The fourth-order valence-electron chi connectivity index (χ4n) is 2.87. The van der Waals surface area contributed by atoms with Crippen LogP contribution in [0.15, 0.2) is 52.4 Å². The lowest BCUT2D eigenvalue weighted by atomic mass is 10.1. The molecule has 7 heteroatoms. The standard InChI is InChI=1S/C22H24Cl2N2O2S/c1-22(2,3)28-21(27)26(4)11-10-14-12-15(23)8-9-18(14)29-19-13-25-17-7-5-6-16(24)20(17)19/h5-9,12-13,25H,10-11H2,1-4H3. The number of aromatic nitrogens is 1. The second-order valence-corrected chi connectivity index (χ2v) is 9.75. The number of hydrogen-bond donors (Lipinski definition) is 1. The normalized spacial score (nSPS) is 11.7. The molecular weight excluding hydrogens is 427 g/mol. The first-order chi connectivity index (χ1) is 13.6. The van der Waals surface area contributed by atoms with Crippen LogP contribution in [-0.2, 0) is 11.2 Å². The molecule has 0 atom stereocenters. The van der Waals surface area contributed by atoms with E-state index in [4.69, 9.17) is 27.9 Å². The Labute approximate surface area is 185 Å². The topological polar surface area (TPSA) is 45.3 Å². The molecule has 3 aromatic rings. The number of fused-ring (bicyclic) bond motifs is 1. The van der Waals surface area contributed by atoms with E-state index < -0.39 is 5.60 Å². The zero-order valence-electron chi connectivity index (χ0n) is 16.9. The van der Waals surface area contributed by atoms with Crippen LogP contribution in [0.5, 0.6) is 0 Å². The summed E-state index contributed by atoms with van der Waals surface area (Å²) in [5.41, 5.74) is 1.55. The summed E-state index contributed by atoms with van der Waals surface area (Å²) < 4.78 is 5.43. The number of carbonyl (C=O) groups excluding carboxylic acids is 1. The maximum Gasteiger partial charge on any atom is 0.410 e. The van der Waals surface area contributed by atoms with Gasteiger partial charge in [-0.3, -0.25) is 0 Å². The summed E-state index contributed by atoms with van der Waals surface area (Å²) in [6.07, 6.45) is 2.29. The number of nitrogens with one attached hydrogen (secondary N) is 1. The van der Waals surface area contributed by atoms with Crippen molar-refractivity contribution in [3.63, 3.8) is 0 Å². The Bertz CT molecular complexity index is 1030. The highest BCUT2D eigenvalue weighted by Gasteiger charge is 2.20. The third kappa shape index (κ3) is 5.62. The summed E-state index contributed by atoms with van der Waals surface area (Å²) >= 11 is 14.3. The molecule has 1 heterocycles. The second-order valence-electron chi connectivity index (χ2n) is 7.82. The molecule has 0 spiro atoms. The summed E-state index contributed by atoms with van der Waals surface area (Å²) in [6.45, 7) is 6.10. The van der Waals surface area contributed by atoms with E-state index in [-0.39, 0.29) is 6.09 Å². The molecule has 3 rings (SSSR count). The van der Waals surface area contributed by atoms with Gasteiger partial charge in [0.25, 0.3) is 0 Å². The predicted octanol–water partition coefficient (Wildman–Crippen LogP) is 7.04. The maximum absolute atomic E-state index is 12.2. The van der Waals surface area contributed by atoms with E-state index in [0.717, 1.165) is 26.3 Å². The number of hydrogen-bond acceptors (Lipinski definition) is 3. The number of carbonyl (C=O) groups is 1. The highest BCUT2D eigenvalue weighted by atomic mass is 35.5. The Hall–Kier alpha value is -1.82. The van der Waals surface area contributed by atoms with Gasteiger partial charge in [-0.2, -0.15) is 0 Å². The maximum atomic E-state index is 12.2. The first kappa shape index (κ1) is 21.9. The van der Waals surface area contributed by atoms with Gasteiger partial charge in [-0.15, -0.1) is 0 Å². The number of rotatable bonds is 5. The van der Waals surface area contributed by atoms with Crippen LogP contribution in [0.2, 0.25) is 10.0 Å². The SMILES string of the molecule is CN(CCc1cc(Cl)ccc1Sc1c[nH]c2cccc(Cl)c12)C(=O)OC(C)(C)C. The zero-order valence-corrected chi connectivity index (χ0v) is 19.2. The summed E-state index contributed by atoms with van der Waals surface area (Å²) in [5, 5.41) is 2.39. The van der Waals surface area contributed by atoms with Crippen LogP contribution < -0.4 is 0 Å². The van der Waals surface area contributed by atoms with Crippen LogP contribution in [0, 0.1) is 0 Å². The fraction of sp³-hybridized carbons (Fsp3) is 0.318. The van der Waals surface area contributed by atoms with E-state index >= 15 is 0 Å². The Morgan fingerprint density at radius 3 is 2.66 bits per heavy atom. The van der Waals surface area contributed by atoms with Crippen molar-refractivity contribution < 1.29 is 9.53 Å². The van der Waals surface area contributed by atoms with Gasteiger partial charge < -0.3 is 14.6 Å². The van der Waals surface area contributed by atoms with Crippen molar-refractivity contribution in [1.82, 2.24) is 9.88 Å². The molecule has 0 aliphatic carbocycles. The minimum Gasteiger partial charge on any atom is -0.444 e. The van der Waals surface area contributed by atoms with E-state index in [1.807, 2.05) is 63.4 Å². The van der Waals surface area contributed by atoms with Crippen molar-refractivity contribution in [3.05, 3.63) is 58.2 Å². The third-order valence-electron chi connectivity index (χ3n) is 4.28. The number of amides is 1. The van der Waals surface area contributed by atoms with Crippen molar-refractivity contribution in [3.8, 4) is 0 Å². The molecule has 0 bridgehead atoms. The number of likely N-dealkylation sites (N-methyl/N-ethyl adjacent to an activating group) is 1. The molecule has 1 N–H and O–H groups in total. The van der Waals surface area contributed by atoms with Crippen LogP contribution in [0.4, 0.5) is 4.79 Å². The lowest BCUT2D eigenvalue weighted by Crippen LogP contribution is -2.35. The minimum atomic E-state index is -0.517. The number of ether oxygens (including phenoxy) is 1.